The van der Waals surface area contributed by atoms with Crippen molar-refractivity contribution in [2.45, 2.75) is 19.4 Å². The van der Waals surface area contributed by atoms with Crippen LogP contribution in [0, 0.1) is 0 Å². The lowest BCUT2D eigenvalue weighted by molar-refractivity contribution is 0.666. The summed E-state index contributed by atoms with van der Waals surface area (Å²) in [7, 11) is 2.01. The van der Waals surface area contributed by atoms with Crippen LogP contribution in [-0.2, 0) is 0 Å². The molecule has 0 spiro atoms. The van der Waals surface area contributed by atoms with Crippen molar-refractivity contribution in [1.29, 1.82) is 0 Å². The fourth-order valence-corrected chi connectivity index (χ4v) is 2.38. The average molecular weight is 241 g/mol. The molecule has 4 N–H and O–H groups in total. The molecule has 1 aromatic heterocycles. The lowest BCUT2D eigenvalue weighted by atomic mass is 10.2. The normalized spacial score (nSPS) is 12.4. The van der Waals surface area contributed by atoms with Crippen molar-refractivity contribution in [3.8, 4) is 0 Å². The number of aromatic nitrogens is 2. The van der Waals surface area contributed by atoms with Crippen molar-refractivity contribution < 1.29 is 0 Å². The fourth-order valence-electron chi connectivity index (χ4n) is 1.54. The highest BCUT2D eigenvalue weighted by Gasteiger charge is 2.14. The van der Waals surface area contributed by atoms with Crippen molar-refractivity contribution >= 4 is 29.3 Å². The molecule has 16 heavy (non-hydrogen) atoms. The Morgan fingerprint density at radius 3 is 2.62 bits per heavy atom. The molecular formula is C10H19N5S. The van der Waals surface area contributed by atoms with Crippen molar-refractivity contribution in [2.75, 3.05) is 35.4 Å². The Morgan fingerprint density at radius 1 is 1.44 bits per heavy atom. The summed E-state index contributed by atoms with van der Waals surface area (Å²) < 4.78 is 0. The number of nitrogens with zero attached hydrogens (tertiary/aromatic N) is 3. The van der Waals surface area contributed by atoms with E-state index in [0.717, 1.165) is 18.0 Å². The highest BCUT2D eigenvalue weighted by atomic mass is 32.2. The number of anilines is 3. The molecule has 1 unspecified atom stereocenters. The summed E-state index contributed by atoms with van der Waals surface area (Å²) in [6.45, 7) is 2.16. The largest absolute Gasteiger partial charge is 0.383 e. The van der Waals surface area contributed by atoms with E-state index in [1.165, 1.54) is 0 Å². The van der Waals surface area contributed by atoms with E-state index in [4.69, 9.17) is 11.5 Å². The molecule has 1 rings (SSSR count). The molecule has 0 aliphatic rings. The molecule has 5 nitrogen and oxygen atoms in total. The highest BCUT2D eigenvalue weighted by Crippen LogP contribution is 2.19. The minimum Gasteiger partial charge on any atom is -0.383 e. The van der Waals surface area contributed by atoms with Gasteiger partial charge in [0.25, 0.3) is 0 Å². The van der Waals surface area contributed by atoms with E-state index in [9.17, 15) is 0 Å². The molecule has 0 aliphatic heterocycles. The van der Waals surface area contributed by atoms with Gasteiger partial charge in [-0.2, -0.15) is 21.7 Å². The molecule has 0 aromatic carbocycles. The highest BCUT2D eigenvalue weighted by molar-refractivity contribution is 7.98. The molecule has 0 amide bonds. The van der Waals surface area contributed by atoms with Crippen LogP contribution in [0.3, 0.4) is 0 Å². The van der Waals surface area contributed by atoms with Gasteiger partial charge in [0, 0.05) is 24.9 Å². The summed E-state index contributed by atoms with van der Waals surface area (Å²) in [6, 6.07) is 2.18. The van der Waals surface area contributed by atoms with Crippen LogP contribution in [0.4, 0.5) is 17.6 Å². The SMILES string of the molecule is CCC(CSC)N(C)c1cc(N)nc(N)n1. The van der Waals surface area contributed by atoms with Gasteiger partial charge in [-0.1, -0.05) is 6.92 Å². The summed E-state index contributed by atoms with van der Waals surface area (Å²) in [5.41, 5.74) is 11.2. The van der Waals surface area contributed by atoms with Crippen LogP contribution in [0.5, 0.6) is 0 Å². The van der Waals surface area contributed by atoms with Crippen molar-refractivity contribution in [3.63, 3.8) is 0 Å². The summed E-state index contributed by atoms with van der Waals surface area (Å²) >= 11 is 1.82. The maximum absolute atomic E-state index is 5.65. The number of nitrogen functional groups attached to an aromatic ring is 2. The van der Waals surface area contributed by atoms with Crippen molar-refractivity contribution in [3.05, 3.63) is 6.07 Å². The lowest BCUT2D eigenvalue weighted by Crippen LogP contribution is -2.34. The van der Waals surface area contributed by atoms with Gasteiger partial charge in [0.05, 0.1) is 0 Å². The second kappa shape index (κ2) is 5.79. The summed E-state index contributed by atoms with van der Waals surface area (Å²) in [5.74, 6) is 2.47. The Balaban J connectivity index is 2.89. The summed E-state index contributed by atoms with van der Waals surface area (Å²) in [4.78, 5) is 10.2. The van der Waals surface area contributed by atoms with Gasteiger partial charge in [0.1, 0.15) is 11.6 Å². The first-order chi connectivity index (χ1) is 7.58. The average Bonchev–Trinajstić information content (AvgIpc) is 2.23. The van der Waals surface area contributed by atoms with E-state index in [1.54, 1.807) is 6.07 Å². The van der Waals surface area contributed by atoms with E-state index in [2.05, 4.69) is 28.0 Å². The molecule has 0 bridgehead atoms. The lowest BCUT2D eigenvalue weighted by Gasteiger charge is -2.27. The first-order valence-electron chi connectivity index (χ1n) is 5.20. The standard InChI is InChI=1S/C10H19N5S/c1-4-7(6-16-3)15(2)9-5-8(11)13-10(12)14-9/h5,7H,4,6H2,1-3H3,(H4,11,12,13,14). The summed E-state index contributed by atoms with van der Waals surface area (Å²) in [6.07, 6.45) is 3.15. The minimum atomic E-state index is 0.223. The zero-order valence-electron chi connectivity index (χ0n) is 9.97. The quantitative estimate of drug-likeness (QED) is 0.806. The fraction of sp³-hybridized carbons (Fsp3) is 0.600. The van der Waals surface area contributed by atoms with E-state index in [0.29, 0.717) is 11.9 Å². The van der Waals surface area contributed by atoms with Gasteiger partial charge in [-0.25, -0.2) is 0 Å². The second-order valence-corrected chi connectivity index (χ2v) is 4.55. The van der Waals surface area contributed by atoms with Crippen LogP contribution in [0.15, 0.2) is 6.07 Å². The smallest absolute Gasteiger partial charge is 0.223 e. The molecule has 6 heteroatoms. The predicted molar refractivity (Wildman–Crippen MR) is 71.7 cm³/mol. The van der Waals surface area contributed by atoms with Gasteiger partial charge >= 0.3 is 0 Å². The second-order valence-electron chi connectivity index (χ2n) is 3.64. The number of hydrogen-bond donors (Lipinski definition) is 2. The molecule has 0 radical (unpaired) electrons. The minimum absolute atomic E-state index is 0.223. The number of thioether (sulfide) groups is 1. The molecule has 0 saturated heterocycles. The molecule has 1 aromatic rings. The molecule has 1 heterocycles. The van der Waals surface area contributed by atoms with E-state index >= 15 is 0 Å². The van der Waals surface area contributed by atoms with Crippen LogP contribution in [0.2, 0.25) is 0 Å². The van der Waals surface area contributed by atoms with Gasteiger partial charge in [-0.15, -0.1) is 0 Å². The third-order valence-electron chi connectivity index (χ3n) is 2.49. The third kappa shape index (κ3) is 3.16. The van der Waals surface area contributed by atoms with Gasteiger partial charge in [0.15, 0.2) is 0 Å². The van der Waals surface area contributed by atoms with Gasteiger partial charge in [-0.05, 0) is 12.7 Å². The Hall–Kier alpha value is -1.17. The maximum atomic E-state index is 5.65. The number of nitrogens with two attached hydrogens (primary N) is 2. The Bertz CT molecular complexity index is 324. The van der Waals surface area contributed by atoms with Gasteiger partial charge in [-0.3, -0.25) is 0 Å². The molecule has 1 atom stereocenters. The van der Waals surface area contributed by atoms with Crippen molar-refractivity contribution in [1.82, 2.24) is 9.97 Å². The van der Waals surface area contributed by atoms with Crippen molar-refractivity contribution in [2.24, 2.45) is 0 Å². The predicted octanol–water partition coefficient (Wildman–Crippen LogP) is 1.22. The summed E-state index contributed by atoms with van der Waals surface area (Å²) in [5, 5.41) is 0. The zero-order chi connectivity index (χ0) is 12.1. The Labute approximate surface area is 101 Å². The van der Waals surface area contributed by atoms with Crippen LogP contribution < -0.4 is 16.4 Å². The zero-order valence-corrected chi connectivity index (χ0v) is 10.8. The molecule has 0 saturated carbocycles. The third-order valence-corrected chi connectivity index (χ3v) is 3.21. The first-order valence-corrected chi connectivity index (χ1v) is 6.59. The molecule has 0 aliphatic carbocycles. The van der Waals surface area contributed by atoms with E-state index in [1.807, 2.05) is 18.8 Å². The van der Waals surface area contributed by atoms with Crippen LogP contribution >= 0.6 is 11.8 Å². The van der Waals surface area contributed by atoms with Gasteiger partial charge < -0.3 is 16.4 Å². The first kappa shape index (κ1) is 12.9. The van der Waals surface area contributed by atoms with Crippen LogP contribution in [0.25, 0.3) is 0 Å². The monoisotopic (exact) mass is 241 g/mol. The Morgan fingerprint density at radius 2 is 2.12 bits per heavy atom. The molecular weight excluding hydrogens is 222 g/mol. The molecule has 90 valence electrons. The molecule has 0 fully saturated rings. The van der Waals surface area contributed by atoms with E-state index in [-0.39, 0.29) is 5.95 Å². The topological polar surface area (TPSA) is 81.1 Å². The van der Waals surface area contributed by atoms with E-state index < -0.39 is 0 Å². The number of hydrogen-bond acceptors (Lipinski definition) is 6. The van der Waals surface area contributed by atoms with Crippen LogP contribution in [-0.4, -0.2) is 35.1 Å². The number of rotatable bonds is 5. The Kier molecular flexibility index (Phi) is 4.67. The maximum Gasteiger partial charge on any atom is 0.223 e. The van der Waals surface area contributed by atoms with Gasteiger partial charge in [0.2, 0.25) is 5.95 Å². The van der Waals surface area contributed by atoms with Crippen LogP contribution in [0.1, 0.15) is 13.3 Å².